The van der Waals surface area contributed by atoms with Crippen LogP contribution < -0.4 is 0 Å². The summed E-state index contributed by atoms with van der Waals surface area (Å²) in [6.07, 6.45) is 3.97. The van der Waals surface area contributed by atoms with Crippen molar-refractivity contribution in [3.63, 3.8) is 0 Å². The molecule has 16 heavy (non-hydrogen) atoms. The zero-order valence-electron chi connectivity index (χ0n) is 11.2. The first kappa shape index (κ1) is 13.5. The lowest BCUT2D eigenvalue weighted by Gasteiger charge is -2.33. The Hall–Kier alpha value is -0.570. The number of esters is 1. The van der Waals surface area contributed by atoms with Crippen molar-refractivity contribution in [3.8, 4) is 0 Å². The van der Waals surface area contributed by atoms with Gasteiger partial charge in [0, 0.05) is 6.54 Å². The van der Waals surface area contributed by atoms with Crippen LogP contribution >= 0.6 is 0 Å². The Morgan fingerprint density at radius 3 is 2.38 bits per heavy atom. The molecule has 0 radical (unpaired) electrons. The van der Waals surface area contributed by atoms with Crippen LogP contribution in [0.1, 0.15) is 47.0 Å². The lowest BCUT2D eigenvalue weighted by Crippen LogP contribution is -2.43. The van der Waals surface area contributed by atoms with Crippen molar-refractivity contribution < 1.29 is 9.53 Å². The highest BCUT2D eigenvalue weighted by atomic mass is 16.6. The van der Waals surface area contributed by atoms with Gasteiger partial charge in [0.1, 0.15) is 11.6 Å². The number of carbonyl (C=O) groups excluding carboxylic acids is 1. The number of hydrogen-bond acceptors (Lipinski definition) is 3. The summed E-state index contributed by atoms with van der Waals surface area (Å²) in [7, 11) is 2.01. The summed E-state index contributed by atoms with van der Waals surface area (Å²) < 4.78 is 5.37. The standard InChI is InChI=1S/C13H25NO2/c1-10(12(15)16-13(2,3)4)14(5)9-11-7-6-8-11/h10-11H,6-9H2,1-5H3. The smallest absolute Gasteiger partial charge is 0.323 e. The Morgan fingerprint density at radius 1 is 1.44 bits per heavy atom. The highest BCUT2D eigenvalue weighted by molar-refractivity contribution is 5.75. The number of carbonyl (C=O) groups is 1. The fourth-order valence-corrected chi connectivity index (χ4v) is 1.81. The molecule has 0 bridgehead atoms. The third kappa shape index (κ3) is 4.12. The van der Waals surface area contributed by atoms with Crippen molar-refractivity contribution in [1.29, 1.82) is 0 Å². The van der Waals surface area contributed by atoms with Gasteiger partial charge in [-0.15, -0.1) is 0 Å². The van der Waals surface area contributed by atoms with E-state index in [2.05, 4.69) is 4.90 Å². The molecular formula is C13H25NO2. The Labute approximate surface area is 99.1 Å². The van der Waals surface area contributed by atoms with Gasteiger partial charge in [0.15, 0.2) is 0 Å². The molecule has 0 spiro atoms. The molecule has 1 aliphatic rings. The zero-order valence-corrected chi connectivity index (χ0v) is 11.2. The van der Waals surface area contributed by atoms with Crippen molar-refractivity contribution in [2.75, 3.05) is 13.6 Å². The largest absolute Gasteiger partial charge is 0.459 e. The predicted molar refractivity (Wildman–Crippen MR) is 65.3 cm³/mol. The summed E-state index contributed by atoms with van der Waals surface area (Å²) in [5, 5.41) is 0. The number of rotatable bonds is 4. The first-order chi connectivity index (χ1) is 7.29. The fourth-order valence-electron chi connectivity index (χ4n) is 1.81. The van der Waals surface area contributed by atoms with Crippen molar-refractivity contribution in [2.24, 2.45) is 5.92 Å². The molecule has 0 aliphatic heterocycles. The van der Waals surface area contributed by atoms with Crippen LogP contribution in [0.15, 0.2) is 0 Å². The first-order valence-corrected chi connectivity index (χ1v) is 6.22. The summed E-state index contributed by atoms with van der Waals surface area (Å²) in [6.45, 7) is 8.66. The van der Waals surface area contributed by atoms with Crippen LogP contribution in [-0.4, -0.2) is 36.1 Å². The Kier molecular flexibility index (Phi) is 4.36. The second kappa shape index (κ2) is 5.17. The summed E-state index contributed by atoms with van der Waals surface area (Å²) in [5.41, 5.74) is -0.386. The molecular weight excluding hydrogens is 202 g/mol. The van der Waals surface area contributed by atoms with Gasteiger partial charge < -0.3 is 4.74 Å². The van der Waals surface area contributed by atoms with Gasteiger partial charge in [-0.2, -0.15) is 0 Å². The predicted octanol–water partition coefficient (Wildman–Crippen LogP) is 2.45. The quantitative estimate of drug-likeness (QED) is 0.691. The molecule has 0 aromatic carbocycles. The molecule has 0 amide bonds. The highest BCUT2D eigenvalue weighted by Crippen LogP contribution is 2.27. The fraction of sp³-hybridized carbons (Fsp3) is 0.923. The molecule has 0 saturated heterocycles. The highest BCUT2D eigenvalue weighted by Gasteiger charge is 2.27. The molecule has 1 aliphatic carbocycles. The maximum absolute atomic E-state index is 11.8. The van der Waals surface area contributed by atoms with Gasteiger partial charge >= 0.3 is 5.97 Å². The van der Waals surface area contributed by atoms with Crippen molar-refractivity contribution in [1.82, 2.24) is 4.90 Å². The van der Waals surface area contributed by atoms with Gasteiger partial charge in [0.05, 0.1) is 0 Å². The normalized spacial score (nSPS) is 19.4. The van der Waals surface area contributed by atoms with E-state index >= 15 is 0 Å². The van der Waals surface area contributed by atoms with E-state index < -0.39 is 0 Å². The summed E-state index contributed by atoms with van der Waals surface area (Å²) in [4.78, 5) is 13.9. The average Bonchev–Trinajstić information content (AvgIpc) is 2.06. The minimum Gasteiger partial charge on any atom is -0.459 e. The monoisotopic (exact) mass is 227 g/mol. The molecule has 0 N–H and O–H groups in total. The van der Waals surface area contributed by atoms with Crippen LogP contribution in [-0.2, 0) is 9.53 Å². The van der Waals surface area contributed by atoms with Gasteiger partial charge in [-0.3, -0.25) is 9.69 Å². The lowest BCUT2D eigenvalue weighted by atomic mass is 9.85. The summed E-state index contributed by atoms with van der Waals surface area (Å²) >= 11 is 0. The van der Waals surface area contributed by atoms with E-state index in [0.29, 0.717) is 0 Å². The summed E-state index contributed by atoms with van der Waals surface area (Å²) in [6, 6.07) is -0.139. The molecule has 1 atom stereocenters. The topological polar surface area (TPSA) is 29.5 Å². The molecule has 3 nitrogen and oxygen atoms in total. The second-order valence-corrected chi connectivity index (χ2v) is 5.95. The second-order valence-electron chi connectivity index (χ2n) is 5.95. The van der Waals surface area contributed by atoms with Crippen LogP contribution in [0.4, 0.5) is 0 Å². The molecule has 0 aromatic rings. The van der Waals surface area contributed by atoms with Gasteiger partial charge in [-0.1, -0.05) is 6.42 Å². The molecule has 1 rings (SSSR count). The minimum absolute atomic E-state index is 0.116. The van der Waals surface area contributed by atoms with Gasteiger partial charge in [-0.25, -0.2) is 0 Å². The average molecular weight is 227 g/mol. The van der Waals surface area contributed by atoms with Crippen LogP contribution in [0.25, 0.3) is 0 Å². The van der Waals surface area contributed by atoms with Crippen molar-refractivity contribution in [2.45, 2.75) is 58.6 Å². The van der Waals surface area contributed by atoms with Crippen LogP contribution in [0.3, 0.4) is 0 Å². The van der Waals surface area contributed by atoms with E-state index in [9.17, 15) is 4.79 Å². The molecule has 1 fully saturated rings. The van der Waals surface area contributed by atoms with Crippen LogP contribution in [0.2, 0.25) is 0 Å². The molecule has 1 saturated carbocycles. The Balaban J connectivity index is 2.36. The molecule has 1 unspecified atom stereocenters. The molecule has 94 valence electrons. The van der Waals surface area contributed by atoms with E-state index in [4.69, 9.17) is 4.74 Å². The molecule has 0 aromatic heterocycles. The number of ether oxygens (including phenoxy) is 1. The third-order valence-corrected chi connectivity index (χ3v) is 3.18. The van der Waals surface area contributed by atoms with E-state index in [1.807, 2.05) is 34.7 Å². The zero-order chi connectivity index (χ0) is 12.3. The van der Waals surface area contributed by atoms with Crippen molar-refractivity contribution in [3.05, 3.63) is 0 Å². The summed E-state index contributed by atoms with van der Waals surface area (Å²) in [5.74, 6) is 0.671. The lowest BCUT2D eigenvalue weighted by molar-refractivity contribution is -0.160. The van der Waals surface area contributed by atoms with Gasteiger partial charge in [0.2, 0.25) is 0 Å². The van der Waals surface area contributed by atoms with E-state index in [1.54, 1.807) is 0 Å². The Bertz CT molecular complexity index is 241. The maximum Gasteiger partial charge on any atom is 0.323 e. The Morgan fingerprint density at radius 2 is 2.00 bits per heavy atom. The van der Waals surface area contributed by atoms with E-state index in [0.717, 1.165) is 12.5 Å². The minimum atomic E-state index is -0.386. The molecule has 3 heteroatoms. The van der Waals surface area contributed by atoms with Crippen LogP contribution in [0, 0.1) is 5.92 Å². The van der Waals surface area contributed by atoms with E-state index in [-0.39, 0.29) is 17.6 Å². The number of hydrogen-bond donors (Lipinski definition) is 0. The third-order valence-electron chi connectivity index (χ3n) is 3.18. The van der Waals surface area contributed by atoms with Crippen molar-refractivity contribution >= 4 is 5.97 Å². The van der Waals surface area contributed by atoms with Crippen LogP contribution in [0.5, 0.6) is 0 Å². The van der Waals surface area contributed by atoms with E-state index in [1.165, 1.54) is 19.3 Å². The maximum atomic E-state index is 11.8. The van der Waals surface area contributed by atoms with Gasteiger partial charge in [-0.05, 0) is 53.5 Å². The number of likely N-dealkylation sites (N-methyl/N-ethyl adjacent to an activating group) is 1. The SMILES string of the molecule is CC(C(=O)OC(C)(C)C)N(C)CC1CCC1. The first-order valence-electron chi connectivity index (χ1n) is 6.22. The molecule has 0 heterocycles. The number of nitrogens with zero attached hydrogens (tertiary/aromatic N) is 1. The van der Waals surface area contributed by atoms with Gasteiger partial charge in [0.25, 0.3) is 0 Å².